The number of carbonyl (C=O) groups is 1. The van der Waals surface area contributed by atoms with Crippen LogP contribution in [-0.2, 0) is 11.4 Å². The summed E-state index contributed by atoms with van der Waals surface area (Å²) < 4.78 is 5.80. The second-order valence-corrected chi connectivity index (χ2v) is 7.07. The Morgan fingerprint density at radius 2 is 1.89 bits per heavy atom. The fourth-order valence-corrected chi connectivity index (χ4v) is 3.53. The molecule has 28 heavy (non-hydrogen) atoms. The van der Waals surface area contributed by atoms with Crippen molar-refractivity contribution >= 4 is 23.3 Å². The maximum absolute atomic E-state index is 12.4. The summed E-state index contributed by atoms with van der Waals surface area (Å²) in [7, 11) is 0. The van der Waals surface area contributed by atoms with Crippen LogP contribution in [0.2, 0.25) is 5.02 Å². The summed E-state index contributed by atoms with van der Waals surface area (Å²) in [4.78, 5) is 31.5. The Kier molecular flexibility index (Phi) is 4.88. The zero-order chi connectivity index (χ0) is 19.7. The standard InChI is InChI=1S/C21H18ClN3O3/c1-12-23-20-19(21(27)24-12)16(10-18(26)25-20)13-6-8-15(9-7-13)28-11-14-4-2-3-5-17(14)22/h2-9,16H,10-11H2,1H3,(H2,23,24,25,26,27)/t16-/m0/s1. The van der Waals surface area contributed by atoms with Crippen molar-refractivity contribution in [3.05, 3.63) is 86.4 Å². The van der Waals surface area contributed by atoms with Crippen molar-refractivity contribution in [1.82, 2.24) is 9.97 Å². The molecule has 0 bridgehead atoms. The van der Waals surface area contributed by atoms with E-state index in [4.69, 9.17) is 16.3 Å². The number of ether oxygens (including phenoxy) is 1. The number of nitrogens with one attached hydrogen (secondary N) is 2. The van der Waals surface area contributed by atoms with E-state index in [0.29, 0.717) is 34.6 Å². The number of fused-ring (bicyclic) bond motifs is 1. The highest BCUT2D eigenvalue weighted by Gasteiger charge is 2.30. The molecule has 1 aromatic heterocycles. The number of hydrogen-bond acceptors (Lipinski definition) is 4. The summed E-state index contributed by atoms with van der Waals surface area (Å²) in [6.07, 6.45) is 0.195. The largest absolute Gasteiger partial charge is 0.489 e. The third-order valence-electron chi connectivity index (χ3n) is 4.70. The number of halogens is 1. The average Bonchev–Trinajstić information content (AvgIpc) is 2.66. The molecule has 1 atom stereocenters. The Morgan fingerprint density at radius 3 is 2.64 bits per heavy atom. The van der Waals surface area contributed by atoms with Crippen LogP contribution in [0.4, 0.5) is 5.82 Å². The predicted molar refractivity (Wildman–Crippen MR) is 107 cm³/mol. The van der Waals surface area contributed by atoms with Crippen molar-refractivity contribution in [2.24, 2.45) is 0 Å². The van der Waals surface area contributed by atoms with Gasteiger partial charge in [-0.05, 0) is 30.7 Å². The number of anilines is 1. The van der Waals surface area contributed by atoms with Crippen molar-refractivity contribution in [3.63, 3.8) is 0 Å². The molecule has 3 aromatic rings. The Bertz CT molecular complexity index is 1090. The molecular formula is C21H18ClN3O3. The monoisotopic (exact) mass is 395 g/mol. The van der Waals surface area contributed by atoms with Gasteiger partial charge in [0.25, 0.3) is 5.56 Å². The van der Waals surface area contributed by atoms with E-state index >= 15 is 0 Å². The first-order chi connectivity index (χ1) is 13.5. The minimum absolute atomic E-state index is 0.158. The van der Waals surface area contributed by atoms with E-state index in [9.17, 15) is 9.59 Å². The normalized spacial score (nSPS) is 15.6. The molecule has 1 aliphatic rings. The van der Waals surface area contributed by atoms with E-state index in [2.05, 4.69) is 15.3 Å². The second kappa shape index (κ2) is 7.48. The molecule has 4 rings (SSSR count). The van der Waals surface area contributed by atoms with Gasteiger partial charge >= 0.3 is 0 Å². The van der Waals surface area contributed by atoms with Gasteiger partial charge in [-0.3, -0.25) is 9.59 Å². The van der Waals surface area contributed by atoms with E-state index in [1.165, 1.54) is 0 Å². The van der Waals surface area contributed by atoms with Gasteiger partial charge in [-0.25, -0.2) is 4.98 Å². The lowest BCUT2D eigenvalue weighted by Gasteiger charge is -2.24. The van der Waals surface area contributed by atoms with Gasteiger partial charge in [0.15, 0.2) is 0 Å². The van der Waals surface area contributed by atoms with Crippen LogP contribution in [0.15, 0.2) is 53.3 Å². The number of aryl methyl sites for hydroxylation is 1. The van der Waals surface area contributed by atoms with Gasteiger partial charge in [-0.1, -0.05) is 41.9 Å². The molecule has 2 heterocycles. The Balaban J connectivity index is 1.57. The van der Waals surface area contributed by atoms with Crippen LogP contribution >= 0.6 is 11.6 Å². The van der Waals surface area contributed by atoms with Crippen LogP contribution in [0, 0.1) is 6.92 Å². The molecule has 2 aromatic carbocycles. The first-order valence-electron chi connectivity index (χ1n) is 8.88. The average molecular weight is 396 g/mol. The molecule has 2 N–H and O–H groups in total. The molecule has 0 aliphatic carbocycles. The van der Waals surface area contributed by atoms with Crippen LogP contribution in [-0.4, -0.2) is 15.9 Å². The lowest BCUT2D eigenvalue weighted by atomic mass is 9.87. The third-order valence-corrected chi connectivity index (χ3v) is 5.07. The highest BCUT2D eigenvalue weighted by Crippen LogP contribution is 2.34. The zero-order valence-corrected chi connectivity index (χ0v) is 15.9. The van der Waals surface area contributed by atoms with Gasteiger partial charge in [0, 0.05) is 22.9 Å². The molecule has 142 valence electrons. The maximum atomic E-state index is 12.4. The fraction of sp³-hybridized carbons (Fsp3) is 0.190. The molecule has 6 nitrogen and oxygen atoms in total. The van der Waals surface area contributed by atoms with Crippen LogP contribution in [0.3, 0.4) is 0 Å². The smallest absolute Gasteiger partial charge is 0.256 e. The summed E-state index contributed by atoms with van der Waals surface area (Å²) in [5.41, 5.74) is 2.01. The number of benzene rings is 2. The number of carbonyl (C=O) groups excluding carboxylic acids is 1. The number of hydrogen-bond donors (Lipinski definition) is 2. The second-order valence-electron chi connectivity index (χ2n) is 6.67. The number of aromatic nitrogens is 2. The molecule has 1 aliphatic heterocycles. The van der Waals surface area contributed by atoms with Crippen LogP contribution in [0.1, 0.15) is 34.9 Å². The molecule has 0 spiro atoms. The molecule has 0 fully saturated rings. The molecule has 0 saturated heterocycles. The van der Waals surface area contributed by atoms with Crippen molar-refractivity contribution in [3.8, 4) is 5.75 Å². The molecule has 0 saturated carbocycles. The van der Waals surface area contributed by atoms with E-state index in [0.717, 1.165) is 11.1 Å². The van der Waals surface area contributed by atoms with Crippen LogP contribution in [0.5, 0.6) is 5.75 Å². The van der Waals surface area contributed by atoms with Gasteiger partial charge in [0.05, 0.1) is 5.56 Å². The van der Waals surface area contributed by atoms with Gasteiger partial charge in [0.2, 0.25) is 5.91 Å². The minimum atomic E-state index is -0.349. The molecular weight excluding hydrogens is 378 g/mol. The summed E-state index contributed by atoms with van der Waals surface area (Å²) in [6, 6.07) is 14.9. The van der Waals surface area contributed by atoms with Gasteiger partial charge in [-0.2, -0.15) is 0 Å². The quantitative estimate of drug-likeness (QED) is 0.704. The lowest BCUT2D eigenvalue weighted by molar-refractivity contribution is -0.116. The number of nitrogens with zero attached hydrogens (tertiary/aromatic N) is 1. The van der Waals surface area contributed by atoms with Crippen molar-refractivity contribution in [2.45, 2.75) is 25.9 Å². The molecule has 1 amide bonds. The summed E-state index contributed by atoms with van der Waals surface area (Å²) in [5.74, 6) is 0.974. The summed E-state index contributed by atoms with van der Waals surface area (Å²) >= 11 is 6.15. The lowest BCUT2D eigenvalue weighted by Crippen LogP contribution is -2.31. The van der Waals surface area contributed by atoms with E-state index < -0.39 is 0 Å². The topological polar surface area (TPSA) is 84.1 Å². The Morgan fingerprint density at radius 1 is 1.14 bits per heavy atom. The first-order valence-corrected chi connectivity index (χ1v) is 9.26. The van der Waals surface area contributed by atoms with Crippen molar-refractivity contribution < 1.29 is 9.53 Å². The van der Waals surface area contributed by atoms with Crippen molar-refractivity contribution in [1.29, 1.82) is 0 Å². The third kappa shape index (κ3) is 3.64. The number of H-pyrrole nitrogens is 1. The van der Waals surface area contributed by atoms with Crippen LogP contribution in [0.25, 0.3) is 0 Å². The zero-order valence-electron chi connectivity index (χ0n) is 15.2. The van der Waals surface area contributed by atoms with Crippen LogP contribution < -0.4 is 15.6 Å². The van der Waals surface area contributed by atoms with Gasteiger partial charge < -0.3 is 15.0 Å². The molecule has 7 heteroatoms. The summed E-state index contributed by atoms with van der Waals surface area (Å²) in [6.45, 7) is 2.04. The van der Waals surface area contributed by atoms with Crippen molar-refractivity contribution in [2.75, 3.05) is 5.32 Å². The van der Waals surface area contributed by atoms with E-state index in [1.807, 2.05) is 48.5 Å². The number of amides is 1. The number of aromatic amines is 1. The van der Waals surface area contributed by atoms with Gasteiger partial charge in [0.1, 0.15) is 24.0 Å². The molecule has 0 unspecified atom stereocenters. The fourth-order valence-electron chi connectivity index (χ4n) is 3.34. The van der Waals surface area contributed by atoms with Gasteiger partial charge in [-0.15, -0.1) is 0 Å². The minimum Gasteiger partial charge on any atom is -0.489 e. The SMILES string of the molecule is Cc1nc2c(c(=O)[nH]1)[C@H](c1ccc(OCc3ccccc3Cl)cc1)CC(=O)N2. The van der Waals surface area contributed by atoms with E-state index in [-0.39, 0.29) is 23.8 Å². The maximum Gasteiger partial charge on any atom is 0.256 e. The molecule has 0 radical (unpaired) electrons. The first kappa shape index (κ1) is 18.3. The Labute approximate surface area is 166 Å². The van der Waals surface area contributed by atoms with E-state index in [1.54, 1.807) is 6.92 Å². The Hall–Kier alpha value is -3.12. The highest BCUT2D eigenvalue weighted by molar-refractivity contribution is 6.31. The highest BCUT2D eigenvalue weighted by atomic mass is 35.5. The summed E-state index contributed by atoms with van der Waals surface area (Å²) in [5, 5.41) is 3.35. The number of rotatable bonds is 4. The predicted octanol–water partition coefficient (Wildman–Crippen LogP) is 3.78.